The van der Waals surface area contributed by atoms with Crippen molar-refractivity contribution < 1.29 is 13.2 Å². The molecule has 1 N–H and O–H groups in total. The smallest absolute Gasteiger partial charge is 0.274 e. The number of rotatable bonds is 4. The number of aryl methyl sites for hydroxylation is 1. The molecule has 6 nitrogen and oxygen atoms in total. The summed E-state index contributed by atoms with van der Waals surface area (Å²) in [6.45, 7) is 0. The van der Waals surface area contributed by atoms with Crippen LogP contribution < -0.4 is 10.3 Å². The van der Waals surface area contributed by atoms with Crippen molar-refractivity contribution in [2.75, 3.05) is 6.26 Å². The molecule has 3 aromatic rings. The van der Waals surface area contributed by atoms with E-state index in [0.717, 1.165) is 53.5 Å². The molecule has 7 heteroatoms. The van der Waals surface area contributed by atoms with Crippen molar-refractivity contribution in [2.24, 2.45) is 24.8 Å². The molecule has 0 amide bonds. The monoisotopic (exact) mass is 452 g/mol. The Morgan fingerprint density at radius 3 is 2.31 bits per heavy atom. The van der Waals surface area contributed by atoms with E-state index in [0.29, 0.717) is 11.3 Å². The van der Waals surface area contributed by atoms with Gasteiger partial charge in [-0.15, -0.1) is 0 Å². The number of aromatic amines is 1. The van der Waals surface area contributed by atoms with E-state index in [1.165, 1.54) is 30.1 Å². The Kier molecular flexibility index (Phi) is 4.23. The Balaban J connectivity index is 1.53. The molecule has 2 aromatic heterocycles. The van der Waals surface area contributed by atoms with Gasteiger partial charge in [-0.25, -0.2) is 8.42 Å². The van der Waals surface area contributed by atoms with Gasteiger partial charge in [0, 0.05) is 42.2 Å². The van der Waals surface area contributed by atoms with Crippen molar-refractivity contribution >= 4 is 20.7 Å². The van der Waals surface area contributed by atoms with E-state index < -0.39 is 9.84 Å². The first-order valence-corrected chi connectivity index (χ1v) is 13.3. The molecule has 1 aromatic carbocycles. The highest BCUT2D eigenvalue weighted by Gasteiger charge is 2.52. The first-order valence-electron chi connectivity index (χ1n) is 11.4. The Bertz CT molecular complexity index is 1360. The van der Waals surface area contributed by atoms with Crippen LogP contribution in [0, 0.1) is 17.8 Å². The van der Waals surface area contributed by atoms with E-state index in [2.05, 4.69) is 4.98 Å². The van der Waals surface area contributed by atoms with Gasteiger partial charge in [0.05, 0.1) is 4.90 Å². The maximum Gasteiger partial charge on any atom is 0.274 e. The van der Waals surface area contributed by atoms with Crippen molar-refractivity contribution in [3.05, 3.63) is 47.0 Å². The number of ether oxygens (including phenoxy) is 1. The predicted octanol–water partition coefficient (Wildman–Crippen LogP) is 4.28. The second-order valence-electron chi connectivity index (χ2n) is 10.4. The lowest BCUT2D eigenvalue weighted by atomic mass is 9.54. The van der Waals surface area contributed by atoms with Gasteiger partial charge in [-0.1, -0.05) is 0 Å². The summed E-state index contributed by atoms with van der Waals surface area (Å²) in [5.74, 6) is 2.94. The van der Waals surface area contributed by atoms with Crippen molar-refractivity contribution in [2.45, 2.75) is 49.0 Å². The lowest BCUT2D eigenvalue weighted by Crippen LogP contribution is -2.53. The zero-order chi connectivity index (χ0) is 22.3. The minimum Gasteiger partial charge on any atom is -0.487 e. The van der Waals surface area contributed by atoms with E-state index in [-0.39, 0.29) is 16.1 Å². The molecule has 0 atom stereocenters. The van der Waals surface area contributed by atoms with Crippen LogP contribution in [-0.4, -0.2) is 29.8 Å². The Hall–Kier alpha value is -2.54. The molecule has 7 rings (SSSR count). The van der Waals surface area contributed by atoms with Gasteiger partial charge in [0.2, 0.25) is 0 Å². The predicted molar refractivity (Wildman–Crippen MR) is 124 cm³/mol. The molecule has 0 radical (unpaired) electrons. The van der Waals surface area contributed by atoms with Gasteiger partial charge in [-0.2, -0.15) is 0 Å². The molecule has 32 heavy (non-hydrogen) atoms. The van der Waals surface area contributed by atoms with E-state index in [9.17, 15) is 13.2 Å². The maximum atomic E-state index is 12.6. The number of sulfone groups is 1. The third kappa shape index (κ3) is 3.12. The maximum absolute atomic E-state index is 12.6. The van der Waals surface area contributed by atoms with Crippen LogP contribution in [0.3, 0.4) is 0 Å². The van der Waals surface area contributed by atoms with Gasteiger partial charge in [0.15, 0.2) is 9.84 Å². The fraction of sp³-hybridized carbons (Fsp3) is 0.480. The molecular weight excluding hydrogens is 424 g/mol. The van der Waals surface area contributed by atoms with E-state index >= 15 is 0 Å². The first-order chi connectivity index (χ1) is 15.2. The molecule has 0 aliphatic heterocycles. The molecule has 0 spiro atoms. The van der Waals surface area contributed by atoms with Crippen LogP contribution in [-0.2, 0) is 16.9 Å². The lowest BCUT2D eigenvalue weighted by Gasteiger charge is -2.56. The van der Waals surface area contributed by atoms with E-state index in [1.807, 2.05) is 12.1 Å². The van der Waals surface area contributed by atoms with Crippen molar-refractivity contribution in [3.63, 3.8) is 0 Å². The molecule has 4 saturated carbocycles. The SMILES string of the molecule is Cn1cc(-c2cc(S(C)(=O)=O)ccc2OC23CC4CC(CC(C4)C2)C3)c2cc[nH]c2c1=O. The van der Waals surface area contributed by atoms with Gasteiger partial charge in [-0.05, 0) is 80.5 Å². The number of aromatic nitrogens is 2. The summed E-state index contributed by atoms with van der Waals surface area (Å²) in [5.41, 5.74) is 1.76. The van der Waals surface area contributed by atoms with Crippen LogP contribution in [0.4, 0.5) is 0 Å². The highest BCUT2D eigenvalue weighted by atomic mass is 32.2. The number of H-pyrrole nitrogens is 1. The molecule has 4 fully saturated rings. The van der Waals surface area contributed by atoms with Crippen LogP contribution in [0.1, 0.15) is 38.5 Å². The normalized spacial score (nSPS) is 29.0. The van der Waals surface area contributed by atoms with Gasteiger partial charge >= 0.3 is 0 Å². The number of hydrogen-bond donors (Lipinski definition) is 1. The fourth-order valence-corrected chi connectivity index (χ4v) is 7.56. The molecule has 4 aliphatic carbocycles. The van der Waals surface area contributed by atoms with E-state index in [1.54, 1.807) is 31.6 Å². The third-order valence-corrected chi connectivity index (χ3v) is 8.98. The molecule has 0 saturated heterocycles. The second kappa shape index (κ2) is 6.73. The topological polar surface area (TPSA) is 81.2 Å². The average Bonchev–Trinajstić information content (AvgIpc) is 3.19. The van der Waals surface area contributed by atoms with Gasteiger partial charge in [0.1, 0.15) is 16.9 Å². The second-order valence-corrected chi connectivity index (χ2v) is 12.4. The highest BCUT2D eigenvalue weighted by molar-refractivity contribution is 7.90. The number of benzene rings is 1. The van der Waals surface area contributed by atoms with Crippen molar-refractivity contribution in [3.8, 4) is 16.9 Å². The zero-order valence-corrected chi connectivity index (χ0v) is 19.2. The third-order valence-electron chi connectivity index (χ3n) is 7.87. The summed E-state index contributed by atoms with van der Waals surface area (Å²) >= 11 is 0. The van der Waals surface area contributed by atoms with Gasteiger partial charge in [0.25, 0.3) is 5.56 Å². The molecule has 2 heterocycles. The Labute approximate surface area is 187 Å². The van der Waals surface area contributed by atoms with Gasteiger partial charge in [-0.3, -0.25) is 4.79 Å². The fourth-order valence-electron chi connectivity index (χ4n) is 6.91. The molecule has 4 bridgehead atoms. The van der Waals surface area contributed by atoms with Crippen LogP contribution in [0.5, 0.6) is 5.75 Å². The average molecular weight is 453 g/mol. The largest absolute Gasteiger partial charge is 0.487 e. The van der Waals surface area contributed by atoms with Crippen molar-refractivity contribution in [1.29, 1.82) is 0 Å². The molecule has 168 valence electrons. The minimum absolute atomic E-state index is 0.114. The standard InChI is InChI=1S/C25H28N2O4S/c1-27-14-21(19-5-6-26-23(19)24(27)28)20-10-18(32(2,29)30)3-4-22(20)31-25-11-15-7-16(12-25)9-17(8-15)13-25/h3-6,10,14-17,26H,7-9,11-13H2,1-2H3. The van der Waals surface area contributed by atoms with Crippen LogP contribution >= 0.6 is 0 Å². The summed E-state index contributed by atoms with van der Waals surface area (Å²) < 4.78 is 33.1. The first kappa shape index (κ1) is 20.1. The number of nitrogens with zero attached hydrogens (tertiary/aromatic N) is 1. The summed E-state index contributed by atoms with van der Waals surface area (Å²) in [5, 5.41) is 0.772. The summed E-state index contributed by atoms with van der Waals surface area (Å²) in [6.07, 6.45) is 12.0. The Morgan fingerprint density at radius 1 is 1.03 bits per heavy atom. The quantitative estimate of drug-likeness (QED) is 0.641. The summed E-state index contributed by atoms with van der Waals surface area (Å²) in [7, 11) is -1.68. The van der Waals surface area contributed by atoms with Gasteiger partial charge < -0.3 is 14.3 Å². The van der Waals surface area contributed by atoms with E-state index in [4.69, 9.17) is 4.74 Å². The summed E-state index contributed by atoms with van der Waals surface area (Å²) in [6, 6.07) is 7.03. The zero-order valence-electron chi connectivity index (χ0n) is 18.4. The number of nitrogens with one attached hydrogen (secondary N) is 1. The van der Waals surface area contributed by atoms with Crippen LogP contribution in [0.2, 0.25) is 0 Å². The lowest BCUT2D eigenvalue weighted by molar-refractivity contribution is -0.107. The number of fused-ring (bicyclic) bond motifs is 1. The van der Waals surface area contributed by atoms with Crippen molar-refractivity contribution in [1.82, 2.24) is 9.55 Å². The molecule has 4 aliphatic rings. The Morgan fingerprint density at radius 2 is 1.69 bits per heavy atom. The molecular formula is C25H28N2O4S. The summed E-state index contributed by atoms with van der Waals surface area (Å²) in [4.78, 5) is 15.9. The van der Waals surface area contributed by atoms with Crippen LogP contribution in [0.15, 0.2) is 46.3 Å². The minimum atomic E-state index is -3.39. The highest BCUT2D eigenvalue weighted by Crippen LogP contribution is 2.57. The molecule has 0 unspecified atom stereocenters. The van der Waals surface area contributed by atoms with Crippen LogP contribution in [0.25, 0.3) is 22.0 Å². The number of pyridine rings is 1. The number of hydrogen-bond acceptors (Lipinski definition) is 4.